The average molecular weight is 296 g/mol. The lowest BCUT2D eigenvalue weighted by Crippen LogP contribution is -2.31. The van der Waals surface area contributed by atoms with Gasteiger partial charge in [0.25, 0.3) is 0 Å². The first-order chi connectivity index (χ1) is 9.48. The maximum absolute atomic E-state index is 11.3. The number of sulfonamides is 1. The molecule has 1 aromatic carbocycles. The molecule has 4 nitrogen and oxygen atoms in total. The molecule has 0 amide bonds. The van der Waals surface area contributed by atoms with Crippen LogP contribution in [0.5, 0.6) is 0 Å². The molecule has 2 unspecified atom stereocenters. The molecule has 0 bridgehead atoms. The van der Waals surface area contributed by atoms with Gasteiger partial charge in [-0.1, -0.05) is 32.3 Å². The Balaban J connectivity index is 2.07. The number of anilines is 2. The Hall–Kier alpha value is -1.23. The van der Waals surface area contributed by atoms with E-state index in [1.807, 2.05) is 18.2 Å². The minimum atomic E-state index is -3.22. The van der Waals surface area contributed by atoms with Crippen molar-refractivity contribution in [2.75, 3.05) is 16.3 Å². The zero-order chi connectivity index (χ0) is 14.6. The molecule has 0 aliphatic heterocycles. The monoisotopic (exact) mass is 296 g/mol. The molecule has 112 valence electrons. The van der Waals surface area contributed by atoms with Gasteiger partial charge in [0, 0.05) is 11.7 Å². The standard InChI is InChI=1S/C15H24N2O2S/c1-3-12-7-4-5-10-15(12)16-13-8-6-9-14(11-13)17-20(2,18)19/h6,8-9,11-12,15-17H,3-5,7,10H2,1-2H3. The van der Waals surface area contributed by atoms with E-state index in [4.69, 9.17) is 0 Å². The summed E-state index contributed by atoms with van der Waals surface area (Å²) in [6.07, 6.45) is 7.44. The molecule has 1 aromatic rings. The van der Waals surface area contributed by atoms with E-state index in [1.165, 1.54) is 38.4 Å². The fraction of sp³-hybridized carbons (Fsp3) is 0.600. The third kappa shape index (κ3) is 4.40. The second-order valence-corrected chi connectivity index (χ2v) is 7.41. The number of nitrogens with one attached hydrogen (secondary N) is 2. The second-order valence-electron chi connectivity index (χ2n) is 5.66. The van der Waals surface area contributed by atoms with Crippen LogP contribution in [0.2, 0.25) is 0 Å². The molecule has 1 aliphatic carbocycles. The van der Waals surface area contributed by atoms with Gasteiger partial charge in [-0.15, -0.1) is 0 Å². The van der Waals surface area contributed by atoms with Crippen LogP contribution in [-0.4, -0.2) is 20.7 Å². The van der Waals surface area contributed by atoms with E-state index >= 15 is 0 Å². The SMILES string of the molecule is CCC1CCCCC1Nc1cccc(NS(C)(=O)=O)c1. The van der Waals surface area contributed by atoms with Crippen LogP contribution in [0.15, 0.2) is 24.3 Å². The van der Waals surface area contributed by atoms with Crippen molar-refractivity contribution >= 4 is 21.4 Å². The molecule has 5 heteroatoms. The summed E-state index contributed by atoms with van der Waals surface area (Å²) in [5, 5.41) is 3.57. The van der Waals surface area contributed by atoms with Gasteiger partial charge in [-0.2, -0.15) is 0 Å². The fourth-order valence-electron chi connectivity index (χ4n) is 2.99. The summed E-state index contributed by atoms with van der Waals surface area (Å²) >= 11 is 0. The van der Waals surface area contributed by atoms with Crippen molar-refractivity contribution in [2.24, 2.45) is 5.92 Å². The fourth-order valence-corrected chi connectivity index (χ4v) is 3.54. The Kier molecular flexibility index (Phi) is 4.91. The molecule has 2 atom stereocenters. The Morgan fingerprint density at radius 3 is 2.60 bits per heavy atom. The molecule has 0 radical (unpaired) electrons. The van der Waals surface area contributed by atoms with Crippen LogP contribution in [0, 0.1) is 5.92 Å². The van der Waals surface area contributed by atoms with Gasteiger partial charge in [0.15, 0.2) is 0 Å². The highest BCUT2D eigenvalue weighted by atomic mass is 32.2. The molecule has 1 saturated carbocycles. The summed E-state index contributed by atoms with van der Waals surface area (Å²) in [7, 11) is -3.22. The molecule has 0 spiro atoms. The average Bonchev–Trinajstić information content (AvgIpc) is 2.38. The second kappa shape index (κ2) is 6.48. The van der Waals surface area contributed by atoms with Crippen molar-refractivity contribution in [3.63, 3.8) is 0 Å². The highest BCUT2D eigenvalue weighted by Gasteiger charge is 2.23. The normalized spacial score (nSPS) is 23.3. The molecule has 1 fully saturated rings. The molecular formula is C15H24N2O2S. The summed E-state index contributed by atoms with van der Waals surface area (Å²) in [5.41, 5.74) is 1.60. The van der Waals surface area contributed by atoms with E-state index in [-0.39, 0.29) is 0 Å². The zero-order valence-corrected chi connectivity index (χ0v) is 13.0. The smallest absolute Gasteiger partial charge is 0.229 e. The third-order valence-electron chi connectivity index (χ3n) is 3.95. The van der Waals surface area contributed by atoms with Crippen LogP contribution < -0.4 is 10.0 Å². The summed E-state index contributed by atoms with van der Waals surface area (Å²) in [6.45, 7) is 2.24. The quantitative estimate of drug-likeness (QED) is 0.875. The molecular weight excluding hydrogens is 272 g/mol. The van der Waals surface area contributed by atoms with Crippen LogP contribution in [0.25, 0.3) is 0 Å². The van der Waals surface area contributed by atoms with Gasteiger partial charge in [-0.05, 0) is 37.0 Å². The van der Waals surface area contributed by atoms with Gasteiger partial charge in [0.2, 0.25) is 10.0 Å². The highest BCUT2D eigenvalue weighted by molar-refractivity contribution is 7.92. The molecule has 0 aromatic heterocycles. The van der Waals surface area contributed by atoms with Crippen LogP contribution in [0.1, 0.15) is 39.0 Å². The molecule has 20 heavy (non-hydrogen) atoms. The summed E-state index contributed by atoms with van der Waals surface area (Å²) < 4.78 is 25.1. The van der Waals surface area contributed by atoms with E-state index < -0.39 is 10.0 Å². The number of hydrogen-bond acceptors (Lipinski definition) is 3. The van der Waals surface area contributed by atoms with Crippen molar-refractivity contribution in [3.05, 3.63) is 24.3 Å². The lowest BCUT2D eigenvalue weighted by atomic mass is 9.83. The summed E-state index contributed by atoms with van der Waals surface area (Å²) in [4.78, 5) is 0. The van der Waals surface area contributed by atoms with Gasteiger partial charge in [-0.3, -0.25) is 4.72 Å². The van der Waals surface area contributed by atoms with Gasteiger partial charge >= 0.3 is 0 Å². The first-order valence-corrected chi connectivity index (χ1v) is 9.21. The van der Waals surface area contributed by atoms with Crippen LogP contribution in [0.3, 0.4) is 0 Å². The van der Waals surface area contributed by atoms with Gasteiger partial charge in [0.1, 0.15) is 0 Å². The molecule has 2 rings (SSSR count). The Morgan fingerprint density at radius 1 is 1.20 bits per heavy atom. The minimum absolute atomic E-state index is 0.502. The van der Waals surface area contributed by atoms with Gasteiger partial charge in [-0.25, -0.2) is 8.42 Å². The number of rotatable bonds is 5. The first-order valence-electron chi connectivity index (χ1n) is 7.32. The van der Waals surface area contributed by atoms with E-state index in [0.717, 1.165) is 11.6 Å². The van der Waals surface area contributed by atoms with Crippen LogP contribution in [-0.2, 0) is 10.0 Å². The van der Waals surface area contributed by atoms with Crippen molar-refractivity contribution in [1.82, 2.24) is 0 Å². The lowest BCUT2D eigenvalue weighted by molar-refractivity contribution is 0.317. The predicted octanol–water partition coefficient (Wildman–Crippen LogP) is 3.44. The van der Waals surface area contributed by atoms with E-state index in [1.54, 1.807) is 6.07 Å². The highest BCUT2D eigenvalue weighted by Crippen LogP contribution is 2.30. The van der Waals surface area contributed by atoms with E-state index in [9.17, 15) is 8.42 Å². The lowest BCUT2D eigenvalue weighted by Gasteiger charge is -2.32. The Labute approximate surface area is 122 Å². The van der Waals surface area contributed by atoms with Gasteiger partial charge in [0.05, 0.1) is 11.9 Å². The van der Waals surface area contributed by atoms with E-state index in [0.29, 0.717) is 11.7 Å². The van der Waals surface area contributed by atoms with Crippen LogP contribution in [0.4, 0.5) is 11.4 Å². The summed E-state index contributed by atoms with van der Waals surface area (Å²) in [5.74, 6) is 0.718. The van der Waals surface area contributed by atoms with Crippen molar-refractivity contribution in [1.29, 1.82) is 0 Å². The van der Waals surface area contributed by atoms with Crippen molar-refractivity contribution in [2.45, 2.75) is 45.1 Å². The topological polar surface area (TPSA) is 58.2 Å². The number of hydrogen-bond donors (Lipinski definition) is 2. The molecule has 1 aliphatic rings. The Bertz CT molecular complexity index is 543. The Morgan fingerprint density at radius 2 is 1.90 bits per heavy atom. The number of benzene rings is 1. The maximum atomic E-state index is 11.3. The predicted molar refractivity (Wildman–Crippen MR) is 84.6 cm³/mol. The molecule has 2 N–H and O–H groups in total. The zero-order valence-electron chi connectivity index (χ0n) is 12.2. The minimum Gasteiger partial charge on any atom is -0.382 e. The van der Waals surface area contributed by atoms with Gasteiger partial charge < -0.3 is 5.32 Å². The van der Waals surface area contributed by atoms with E-state index in [2.05, 4.69) is 17.0 Å². The van der Waals surface area contributed by atoms with Crippen LogP contribution >= 0.6 is 0 Å². The molecule has 0 saturated heterocycles. The first kappa shape index (κ1) is 15.2. The summed E-state index contributed by atoms with van der Waals surface area (Å²) in [6, 6.07) is 8.00. The van der Waals surface area contributed by atoms with Crippen molar-refractivity contribution < 1.29 is 8.42 Å². The van der Waals surface area contributed by atoms with Crippen molar-refractivity contribution in [3.8, 4) is 0 Å². The molecule has 0 heterocycles. The third-order valence-corrected chi connectivity index (χ3v) is 4.56. The maximum Gasteiger partial charge on any atom is 0.229 e. The largest absolute Gasteiger partial charge is 0.382 e.